The number of likely N-dealkylation sites (N-methyl/N-ethyl adjacent to an activating group) is 1. The summed E-state index contributed by atoms with van der Waals surface area (Å²) in [5, 5.41) is 0. The molecule has 0 fully saturated rings. The smallest absolute Gasteiger partial charge is 0.323 e. The average Bonchev–Trinajstić information content (AvgIpc) is 2.32. The molecule has 92 valence electrons. The third-order valence-electron chi connectivity index (χ3n) is 2.56. The van der Waals surface area contributed by atoms with Gasteiger partial charge >= 0.3 is 5.97 Å². The zero-order valence-electron chi connectivity index (χ0n) is 10.6. The van der Waals surface area contributed by atoms with Crippen LogP contribution in [0.3, 0.4) is 0 Å². The highest BCUT2D eigenvalue weighted by Gasteiger charge is 2.22. The summed E-state index contributed by atoms with van der Waals surface area (Å²) in [5.41, 5.74) is 0. The van der Waals surface area contributed by atoms with E-state index >= 15 is 0 Å². The predicted molar refractivity (Wildman–Crippen MR) is 67.3 cm³/mol. The molecule has 0 heterocycles. The van der Waals surface area contributed by atoms with E-state index in [1.165, 1.54) is 7.11 Å². The third-order valence-corrected chi connectivity index (χ3v) is 2.56. The Balaban J connectivity index is 4.41. The first-order valence-corrected chi connectivity index (χ1v) is 5.78. The van der Waals surface area contributed by atoms with E-state index in [4.69, 9.17) is 4.74 Å². The Kier molecular flexibility index (Phi) is 8.53. The second kappa shape index (κ2) is 9.16. The van der Waals surface area contributed by atoms with Gasteiger partial charge in [0, 0.05) is 0 Å². The lowest BCUT2D eigenvalue weighted by Crippen LogP contribution is -2.41. The number of methoxy groups -OCH3 is 1. The number of esters is 1. The van der Waals surface area contributed by atoms with Crippen molar-refractivity contribution >= 4 is 5.97 Å². The van der Waals surface area contributed by atoms with Crippen LogP contribution in [0, 0.1) is 0 Å². The molecule has 0 rings (SSSR count). The molecular weight excluding hydrogens is 202 g/mol. The Morgan fingerprint density at radius 2 is 2.00 bits per heavy atom. The van der Waals surface area contributed by atoms with Crippen molar-refractivity contribution < 1.29 is 9.53 Å². The van der Waals surface area contributed by atoms with E-state index in [1.807, 2.05) is 32.1 Å². The van der Waals surface area contributed by atoms with Gasteiger partial charge in [0.25, 0.3) is 0 Å². The van der Waals surface area contributed by atoms with E-state index in [-0.39, 0.29) is 12.0 Å². The topological polar surface area (TPSA) is 29.5 Å². The number of ether oxygens (including phenoxy) is 1. The Hall–Kier alpha value is -1.09. The van der Waals surface area contributed by atoms with E-state index < -0.39 is 0 Å². The van der Waals surface area contributed by atoms with E-state index in [0.717, 1.165) is 19.5 Å². The Bertz CT molecular complexity index is 232. The largest absolute Gasteiger partial charge is 0.468 e. The summed E-state index contributed by atoms with van der Waals surface area (Å²) in [4.78, 5) is 13.7. The van der Waals surface area contributed by atoms with E-state index in [9.17, 15) is 4.79 Å². The highest BCUT2D eigenvalue weighted by atomic mass is 16.5. The molecule has 1 unspecified atom stereocenters. The fraction of sp³-hybridized carbons (Fsp3) is 0.615. The third kappa shape index (κ3) is 5.12. The number of nitrogens with zero attached hydrogens (tertiary/aromatic N) is 1. The van der Waals surface area contributed by atoms with Gasteiger partial charge < -0.3 is 4.74 Å². The second-order valence-corrected chi connectivity index (χ2v) is 3.49. The van der Waals surface area contributed by atoms with Gasteiger partial charge in [0.2, 0.25) is 0 Å². The summed E-state index contributed by atoms with van der Waals surface area (Å²) in [6, 6.07) is -0.166. The molecule has 0 aliphatic carbocycles. The molecule has 0 aliphatic rings. The maximum Gasteiger partial charge on any atom is 0.323 e. The molecule has 0 aliphatic heterocycles. The predicted octanol–water partition coefficient (Wildman–Crippen LogP) is 2.39. The maximum absolute atomic E-state index is 11.6. The Morgan fingerprint density at radius 1 is 1.38 bits per heavy atom. The second-order valence-electron chi connectivity index (χ2n) is 3.49. The number of hydrogen-bond donors (Lipinski definition) is 0. The van der Waals surface area contributed by atoms with Crippen molar-refractivity contribution in [3.63, 3.8) is 0 Å². The van der Waals surface area contributed by atoms with E-state index in [1.54, 1.807) is 0 Å². The average molecular weight is 225 g/mol. The van der Waals surface area contributed by atoms with Gasteiger partial charge in [0.1, 0.15) is 6.04 Å². The zero-order chi connectivity index (χ0) is 12.4. The first kappa shape index (κ1) is 14.9. The molecule has 0 radical (unpaired) electrons. The van der Waals surface area contributed by atoms with Gasteiger partial charge in [-0.25, -0.2) is 0 Å². The van der Waals surface area contributed by atoms with Crippen molar-refractivity contribution in [3.05, 3.63) is 24.8 Å². The zero-order valence-corrected chi connectivity index (χ0v) is 10.6. The SMILES string of the molecule is C=CCC=CCC(C(=O)OC)N(CC)CC. The maximum atomic E-state index is 11.6. The highest BCUT2D eigenvalue weighted by molar-refractivity contribution is 5.75. The van der Waals surface area contributed by atoms with Gasteiger partial charge in [-0.2, -0.15) is 0 Å². The Labute approximate surface area is 98.8 Å². The molecule has 3 heteroatoms. The van der Waals surface area contributed by atoms with Crippen LogP contribution in [-0.4, -0.2) is 37.1 Å². The minimum atomic E-state index is -0.166. The summed E-state index contributed by atoms with van der Waals surface area (Å²) >= 11 is 0. The summed E-state index contributed by atoms with van der Waals surface area (Å²) in [6.45, 7) is 9.45. The van der Waals surface area contributed by atoms with Crippen LogP contribution >= 0.6 is 0 Å². The first-order valence-electron chi connectivity index (χ1n) is 5.78. The molecular formula is C13H23NO2. The molecule has 0 bridgehead atoms. The van der Waals surface area contributed by atoms with Gasteiger partial charge in [0.05, 0.1) is 7.11 Å². The molecule has 0 aromatic carbocycles. The van der Waals surface area contributed by atoms with Crippen LogP contribution in [0.5, 0.6) is 0 Å². The quantitative estimate of drug-likeness (QED) is 0.469. The van der Waals surface area contributed by atoms with Crippen molar-refractivity contribution in [2.75, 3.05) is 20.2 Å². The van der Waals surface area contributed by atoms with Crippen molar-refractivity contribution in [3.8, 4) is 0 Å². The minimum absolute atomic E-state index is 0.160. The molecule has 0 amide bonds. The molecule has 0 N–H and O–H groups in total. The van der Waals surface area contributed by atoms with Gasteiger partial charge in [-0.05, 0) is 25.9 Å². The van der Waals surface area contributed by atoms with Gasteiger partial charge in [-0.1, -0.05) is 32.1 Å². The molecule has 0 spiro atoms. The van der Waals surface area contributed by atoms with Crippen molar-refractivity contribution in [1.29, 1.82) is 0 Å². The van der Waals surface area contributed by atoms with E-state index in [2.05, 4.69) is 11.5 Å². The number of carbonyl (C=O) groups excluding carboxylic acids is 1. The van der Waals surface area contributed by atoms with Crippen LogP contribution in [0.1, 0.15) is 26.7 Å². The molecule has 3 nitrogen and oxygen atoms in total. The van der Waals surface area contributed by atoms with Crippen molar-refractivity contribution in [1.82, 2.24) is 4.90 Å². The van der Waals surface area contributed by atoms with Gasteiger partial charge in [-0.15, -0.1) is 6.58 Å². The fourth-order valence-corrected chi connectivity index (χ4v) is 1.61. The lowest BCUT2D eigenvalue weighted by Gasteiger charge is -2.26. The van der Waals surface area contributed by atoms with Gasteiger partial charge in [0.15, 0.2) is 0 Å². The summed E-state index contributed by atoms with van der Waals surface area (Å²) < 4.78 is 4.82. The molecule has 16 heavy (non-hydrogen) atoms. The summed E-state index contributed by atoms with van der Waals surface area (Å²) in [5.74, 6) is -0.160. The first-order chi connectivity index (χ1) is 7.71. The number of rotatable bonds is 8. The van der Waals surface area contributed by atoms with Crippen molar-refractivity contribution in [2.24, 2.45) is 0 Å². The lowest BCUT2D eigenvalue weighted by atomic mass is 10.1. The van der Waals surface area contributed by atoms with Crippen molar-refractivity contribution in [2.45, 2.75) is 32.7 Å². The van der Waals surface area contributed by atoms with Gasteiger partial charge in [-0.3, -0.25) is 9.69 Å². The highest BCUT2D eigenvalue weighted by Crippen LogP contribution is 2.07. The van der Waals surface area contributed by atoms with Crippen LogP contribution in [0.15, 0.2) is 24.8 Å². The fourth-order valence-electron chi connectivity index (χ4n) is 1.61. The molecule has 0 saturated heterocycles. The van der Waals surface area contributed by atoms with Crippen LogP contribution in [0.2, 0.25) is 0 Å². The number of hydrogen-bond acceptors (Lipinski definition) is 3. The Morgan fingerprint density at radius 3 is 2.44 bits per heavy atom. The molecule has 1 atom stereocenters. The van der Waals surface area contributed by atoms with Crippen LogP contribution in [0.4, 0.5) is 0 Å². The normalized spacial score (nSPS) is 13.0. The summed E-state index contributed by atoms with van der Waals surface area (Å²) in [7, 11) is 1.44. The van der Waals surface area contributed by atoms with E-state index in [0.29, 0.717) is 6.42 Å². The standard InChI is InChI=1S/C13H23NO2/c1-5-8-9-10-11-12(13(15)16-4)14(6-2)7-3/h5,9-10,12H,1,6-8,11H2,2-4H3. The molecule has 0 saturated carbocycles. The molecule has 0 aromatic rings. The minimum Gasteiger partial charge on any atom is -0.468 e. The number of allylic oxidation sites excluding steroid dienone is 2. The number of carbonyl (C=O) groups is 1. The summed E-state index contributed by atoms with van der Waals surface area (Å²) in [6.07, 6.45) is 7.41. The monoisotopic (exact) mass is 225 g/mol. The van der Waals surface area contributed by atoms with Crippen LogP contribution in [-0.2, 0) is 9.53 Å². The van der Waals surface area contributed by atoms with Crippen LogP contribution < -0.4 is 0 Å². The lowest BCUT2D eigenvalue weighted by molar-refractivity contribution is -0.146. The molecule has 0 aromatic heterocycles. The van der Waals surface area contributed by atoms with Crippen LogP contribution in [0.25, 0.3) is 0 Å².